The summed E-state index contributed by atoms with van der Waals surface area (Å²) in [7, 11) is 0. The zero-order chi connectivity index (χ0) is 8.69. The van der Waals surface area contributed by atoms with Crippen molar-refractivity contribution in [3.8, 4) is 0 Å². The van der Waals surface area contributed by atoms with Crippen LogP contribution in [-0.4, -0.2) is 17.5 Å². The summed E-state index contributed by atoms with van der Waals surface area (Å²) in [4.78, 5) is 10.6. The Morgan fingerprint density at radius 2 is 1.82 bits per heavy atom. The summed E-state index contributed by atoms with van der Waals surface area (Å²) in [5.74, 6) is 1.84. The fraction of sp³-hybridized carbons (Fsp3) is 0.833. The van der Waals surface area contributed by atoms with E-state index in [4.69, 9.17) is 4.52 Å². The predicted octanol–water partition coefficient (Wildman–Crippen LogP) is 3.28. The predicted molar refractivity (Wildman–Crippen MR) is 55.0 cm³/mol. The Labute approximate surface area is 77.2 Å². The first kappa shape index (κ1) is 11.6. The van der Waals surface area contributed by atoms with Crippen LogP contribution in [0.15, 0.2) is 0 Å². The molecule has 0 atom stereocenters. The van der Waals surface area contributed by atoms with Crippen molar-refractivity contribution in [2.75, 3.05) is 11.5 Å². The molecule has 0 aromatic heterocycles. The van der Waals surface area contributed by atoms with E-state index in [9.17, 15) is 4.79 Å². The average Bonchev–Trinajstić information content (AvgIpc) is 1.87. The monoisotopic (exact) mass is 212 g/mol. The van der Waals surface area contributed by atoms with Gasteiger partial charge in [-0.3, -0.25) is 4.79 Å². The SMILES string of the molecule is CCSP(OC(C)=O)SCC. The minimum absolute atomic E-state index is 0.169. The molecule has 0 heterocycles. The van der Waals surface area contributed by atoms with Gasteiger partial charge in [-0.25, -0.2) is 0 Å². The van der Waals surface area contributed by atoms with Gasteiger partial charge in [-0.15, -0.1) is 0 Å². The van der Waals surface area contributed by atoms with Crippen molar-refractivity contribution in [2.45, 2.75) is 20.8 Å². The lowest BCUT2D eigenvalue weighted by atomic mass is 10.9. The molecule has 0 fully saturated rings. The molecule has 0 rings (SSSR count). The summed E-state index contributed by atoms with van der Waals surface area (Å²) in [6, 6.07) is 0. The number of carbonyl (C=O) groups is 1. The van der Waals surface area contributed by atoms with Crippen LogP contribution in [0.25, 0.3) is 0 Å². The first-order valence-electron chi connectivity index (χ1n) is 3.45. The van der Waals surface area contributed by atoms with Crippen LogP contribution in [-0.2, 0) is 9.32 Å². The number of hydrogen-bond acceptors (Lipinski definition) is 4. The highest BCUT2D eigenvalue weighted by Crippen LogP contribution is 2.61. The van der Waals surface area contributed by atoms with Crippen molar-refractivity contribution in [1.29, 1.82) is 0 Å². The largest absolute Gasteiger partial charge is 0.423 e. The summed E-state index contributed by atoms with van der Waals surface area (Å²) in [5, 5.41) is 0. The molecule has 0 bridgehead atoms. The Morgan fingerprint density at radius 3 is 2.09 bits per heavy atom. The molecular weight excluding hydrogens is 199 g/mol. The molecule has 0 aliphatic carbocycles. The Kier molecular flexibility index (Phi) is 7.66. The van der Waals surface area contributed by atoms with Crippen LogP contribution in [0.1, 0.15) is 20.8 Å². The first-order valence-corrected chi connectivity index (χ1v) is 7.89. The van der Waals surface area contributed by atoms with Crippen LogP contribution in [0, 0.1) is 0 Å². The van der Waals surface area contributed by atoms with Crippen LogP contribution in [0.3, 0.4) is 0 Å². The summed E-state index contributed by atoms with van der Waals surface area (Å²) >= 11 is 3.43. The smallest absolute Gasteiger partial charge is 0.306 e. The minimum atomic E-state index is -0.617. The van der Waals surface area contributed by atoms with E-state index in [1.54, 1.807) is 22.8 Å². The maximum Gasteiger partial charge on any atom is 0.306 e. The maximum absolute atomic E-state index is 10.6. The first-order chi connectivity index (χ1) is 5.20. The third-order valence-corrected chi connectivity index (χ3v) is 7.18. The third-order valence-electron chi connectivity index (χ3n) is 0.672. The molecule has 2 nitrogen and oxygen atoms in total. The van der Waals surface area contributed by atoms with Gasteiger partial charge in [0.2, 0.25) is 6.55 Å². The maximum atomic E-state index is 10.6. The Balaban J connectivity index is 3.59. The van der Waals surface area contributed by atoms with E-state index in [1.165, 1.54) is 6.92 Å². The molecule has 0 N–H and O–H groups in total. The lowest BCUT2D eigenvalue weighted by Gasteiger charge is -2.11. The van der Waals surface area contributed by atoms with E-state index in [-0.39, 0.29) is 5.97 Å². The van der Waals surface area contributed by atoms with Crippen LogP contribution >= 0.6 is 29.3 Å². The average molecular weight is 212 g/mol. The van der Waals surface area contributed by atoms with Crippen molar-refractivity contribution in [3.05, 3.63) is 0 Å². The number of hydrogen-bond donors (Lipinski definition) is 0. The van der Waals surface area contributed by atoms with Gasteiger partial charge in [-0.1, -0.05) is 36.6 Å². The van der Waals surface area contributed by atoms with Gasteiger partial charge in [-0.2, -0.15) is 0 Å². The Morgan fingerprint density at radius 1 is 1.36 bits per heavy atom. The van der Waals surface area contributed by atoms with Crippen LogP contribution in [0.2, 0.25) is 0 Å². The van der Waals surface area contributed by atoms with Gasteiger partial charge in [-0.05, 0) is 11.5 Å². The summed E-state index contributed by atoms with van der Waals surface area (Å²) in [6.45, 7) is 4.98. The lowest BCUT2D eigenvalue weighted by molar-refractivity contribution is -0.130. The molecule has 0 radical (unpaired) electrons. The summed E-state index contributed by atoms with van der Waals surface area (Å²) in [5.41, 5.74) is 0. The standard InChI is InChI=1S/C6H13O2PS2/c1-4-10-9(11-5-2)8-6(3)7/h4-5H2,1-3H3. The van der Waals surface area contributed by atoms with Crippen molar-refractivity contribution < 1.29 is 9.32 Å². The third kappa shape index (κ3) is 6.98. The Hall–Kier alpha value is 0.600. The fourth-order valence-corrected chi connectivity index (χ4v) is 6.22. The van der Waals surface area contributed by atoms with Gasteiger partial charge in [0.05, 0.1) is 0 Å². The number of carbonyl (C=O) groups excluding carboxylic acids is 1. The summed E-state index contributed by atoms with van der Waals surface area (Å²) in [6.07, 6.45) is 0. The second-order valence-electron chi connectivity index (χ2n) is 1.64. The highest BCUT2D eigenvalue weighted by atomic mass is 33.1. The second kappa shape index (κ2) is 7.26. The van der Waals surface area contributed by atoms with E-state index >= 15 is 0 Å². The molecule has 0 aliphatic rings. The molecular formula is C6H13O2PS2. The number of rotatable bonds is 5. The van der Waals surface area contributed by atoms with Crippen molar-refractivity contribution in [2.24, 2.45) is 0 Å². The lowest BCUT2D eigenvalue weighted by Crippen LogP contribution is -1.89. The minimum Gasteiger partial charge on any atom is -0.423 e. The van der Waals surface area contributed by atoms with Gasteiger partial charge >= 0.3 is 5.97 Å². The van der Waals surface area contributed by atoms with Gasteiger partial charge in [0, 0.05) is 6.92 Å². The van der Waals surface area contributed by atoms with Crippen LogP contribution < -0.4 is 0 Å². The molecule has 0 saturated heterocycles. The van der Waals surface area contributed by atoms with Gasteiger partial charge < -0.3 is 4.52 Å². The normalized spacial score (nSPS) is 10.2. The molecule has 0 amide bonds. The zero-order valence-corrected chi connectivity index (χ0v) is 9.52. The van der Waals surface area contributed by atoms with E-state index in [2.05, 4.69) is 13.8 Å². The molecule has 0 aromatic carbocycles. The van der Waals surface area contributed by atoms with Crippen molar-refractivity contribution in [1.82, 2.24) is 0 Å². The van der Waals surface area contributed by atoms with Gasteiger partial charge in [0.15, 0.2) is 0 Å². The molecule has 11 heavy (non-hydrogen) atoms. The van der Waals surface area contributed by atoms with E-state index in [1.807, 2.05) is 0 Å². The quantitative estimate of drug-likeness (QED) is 0.653. The Bertz CT molecular complexity index is 115. The van der Waals surface area contributed by atoms with E-state index < -0.39 is 6.55 Å². The molecule has 0 spiro atoms. The van der Waals surface area contributed by atoms with E-state index in [0.717, 1.165) is 11.5 Å². The molecule has 0 aromatic rings. The highest BCUT2D eigenvalue weighted by Gasteiger charge is 2.11. The van der Waals surface area contributed by atoms with Gasteiger partial charge in [0.1, 0.15) is 0 Å². The molecule has 66 valence electrons. The molecule has 0 saturated carbocycles. The second-order valence-corrected chi connectivity index (χ2v) is 8.18. The molecule has 0 aliphatic heterocycles. The van der Waals surface area contributed by atoms with Crippen LogP contribution in [0.4, 0.5) is 0 Å². The molecule has 0 unspecified atom stereocenters. The van der Waals surface area contributed by atoms with Crippen molar-refractivity contribution in [3.63, 3.8) is 0 Å². The van der Waals surface area contributed by atoms with Crippen molar-refractivity contribution >= 4 is 35.3 Å². The fourth-order valence-electron chi connectivity index (χ4n) is 0.406. The van der Waals surface area contributed by atoms with E-state index in [0.29, 0.717) is 0 Å². The zero-order valence-electron chi connectivity index (χ0n) is 6.99. The summed E-state index contributed by atoms with van der Waals surface area (Å²) < 4.78 is 5.08. The van der Waals surface area contributed by atoms with Crippen LogP contribution in [0.5, 0.6) is 0 Å². The highest BCUT2D eigenvalue weighted by molar-refractivity contribution is 8.87. The topological polar surface area (TPSA) is 26.3 Å². The molecule has 5 heteroatoms. The van der Waals surface area contributed by atoms with Gasteiger partial charge in [0.25, 0.3) is 0 Å².